The molecule has 0 saturated carbocycles. The number of hydrogen-bond donors (Lipinski definition) is 2. The molecular formula is C16H28N4O. The van der Waals surface area contributed by atoms with Gasteiger partial charge in [-0.3, -0.25) is 9.48 Å². The molecular weight excluding hydrogens is 264 g/mol. The van der Waals surface area contributed by atoms with E-state index in [2.05, 4.69) is 43.4 Å². The third-order valence-electron chi connectivity index (χ3n) is 4.37. The summed E-state index contributed by atoms with van der Waals surface area (Å²) in [5.41, 5.74) is 1.74. The van der Waals surface area contributed by atoms with Crippen molar-refractivity contribution in [2.75, 3.05) is 19.6 Å². The van der Waals surface area contributed by atoms with E-state index in [1.165, 1.54) is 0 Å². The molecule has 5 heteroatoms. The van der Waals surface area contributed by atoms with Crippen LogP contribution in [0.1, 0.15) is 56.7 Å². The fourth-order valence-electron chi connectivity index (χ4n) is 2.64. The fraction of sp³-hybridized carbons (Fsp3) is 0.750. The highest BCUT2D eigenvalue weighted by molar-refractivity contribution is 5.92. The number of rotatable bonds is 3. The Kier molecular flexibility index (Phi) is 4.42. The molecule has 5 nitrogen and oxygen atoms in total. The number of aromatic nitrogens is 2. The van der Waals surface area contributed by atoms with Crippen LogP contribution in [0.4, 0.5) is 0 Å². The Morgan fingerprint density at radius 2 is 2.05 bits per heavy atom. The lowest BCUT2D eigenvalue weighted by Gasteiger charge is -2.34. The van der Waals surface area contributed by atoms with E-state index in [-0.39, 0.29) is 16.7 Å². The van der Waals surface area contributed by atoms with E-state index < -0.39 is 0 Å². The summed E-state index contributed by atoms with van der Waals surface area (Å²) in [7, 11) is 1.83. The van der Waals surface area contributed by atoms with Crippen molar-refractivity contribution in [1.29, 1.82) is 0 Å². The zero-order chi connectivity index (χ0) is 15.7. The van der Waals surface area contributed by atoms with E-state index in [1.54, 1.807) is 4.68 Å². The zero-order valence-electron chi connectivity index (χ0n) is 13.9. The summed E-state index contributed by atoms with van der Waals surface area (Å²) in [6.07, 6.45) is 2.21. The lowest BCUT2D eigenvalue weighted by Crippen LogP contribution is -2.43. The topological polar surface area (TPSA) is 59.0 Å². The Morgan fingerprint density at radius 3 is 2.57 bits per heavy atom. The molecule has 1 aliphatic heterocycles. The van der Waals surface area contributed by atoms with Crippen LogP contribution in [0.2, 0.25) is 0 Å². The lowest BCUT2D eigenvalue weighted by molar-refractivity contribution is 0.0913. The number of nitrogens with zero attached hydrogens (tertiary/aromatic N) is 2. The van der Waals surface area contributed by atoms with Gasteiger partial charge in [0.05, 0.1) is 5.69 Å². The van der Waals surface area contributed by atoms with Crippen molar-refractivity contribution in [3.8, 4) is 0 Å². The molecule has 0 spiro atoms. The summed E-state index contributed by atoms with van der Waals surface area (Å²) in [4.78, 5) is 12.4. The molecule has 2 rings (SSSR count). The molecule has 1 aromatic heterocycles. The molecule has 1 amide bonds. The van der Waals surface area contributed by atoms with Gasteiger partial charge in [-0.1, -0.05) is 27.7 Å². The first kappa shape index (κ1) is 16.0. The van der Waals surface area contributed by atoms with Crippen molar-refractivity contribution in [2.45, 2.75) is 46.0 Å². The molecule has 118 valence electrons. The molecule has 1 aromatic rings. The highest BCUT2D eigenvalue weighted by Crippen LogP contribution is 2.27. The number of piperidine rings is 1. The number of aryl methyl sites for hydroxylation is 1. The molecule has 2 N–H and O–H groups in total. The predicted octanol–water partition coefficient (Wildman–Crippen LogP) is 1.84. The average molecular weight is 292 g/mol. The van der Waals surface area contributed by atoms with Crippen LogP contribution in [0.3, 0.4) is 0 Å². The summed E-state index contributed by atoms with van der Waals surface area (Å²) in [5, 5.41) is 10.9. The molecule has 1 saturated heterocycles. The first-order chi connectivity index (χ1) is 9.71. The fourth-order valence-corrected chi connectivity index (χ4v) is 2.64. The third kappa shape index (κ3) is 3.84. The molecule has 0 atom stereocenters. The monoisotopic (exact) mass is 292 g/mol. The maximum absolute atomic E-state index is 12.4. The van der Waals surface area contributed by atoms with Crippen LogP contribution < -0.4 is 10.6 Å². The average Bonchev–Trinajstić information content (AvgIpc) is 2.79. The minimum Gasteiger partial charge on any atom is -0.350 e. The molecule has 0 bridgehead atoms. The summed E-state index contributed by atoms with van der Waals surface area (Å²) in [5.74, 6) is -0.0275. The minimum absolute atomic E-state index is 0.0275. The van der Waals surface area contributed by atoms with Gasteiger partial charge in [-0.25, -0.2) is 0 Å². The molecule has 0 aliphatic carbocycles. The van der Waals surface area contributed by atoms with Gasteiger partial charge in [0.1, 0.15) is 5.69 Å². The molecule has 2 heterocycles. The Morgan fingerprint density at radius 1 is 1.43 bits per heavy atom. The number of amides is 1. The standard InChI is InChI=1S/C16H28N4O/c1-15(2,3)13-10-12(20(5)19-13)14(21)18-11-16(4)6-8-17-9-7-16/h10,17H,6-9,11H2,1-5H3,(H,18,21). The van der Waals surface area contributed by atoms with Gasteiger partial charge in [0.25, 0.3) is 5.91 Å². The Hall–Kier alpha value is -1.36. The van der Waals surface area contributed by atoms with E-state index in [0.717, 1.165) is 38.2 Å². The van der Waals surface area contributed by atoms with Gasteiger partial charge in [-0.05, 0) is 37.4 Å². The second kappa shape index (κ2) is 5.79. The van der Waals surface area contributed by atoms with Crippen molar-refractivity contribution in [3.05, 3.63) is 17.5 Å². The molecule has 1 aliphatic rings. The van der Waals surface area contributed by atoms with Gasteiger partial charge >= 0.3 is 0 Å². The van der Waals surface area contributed by atoms with Crippen LogP contribution in [-0.2, 0) is 12.5 Å². The molecule has 0 unspecified atom stereocenters. The molecule has 0 aromatic carbocycles. The van der Waals surface area contributed by atoms with Crippen LogP contribution in [0.5, 0.6) is 0 Å². The van der Waals surface area contributed by atoms with Crippen molar-refractivity contribution < 1.29 is 4.79 Å². The summed E-state index contributed by atoms with van der Waals surface area (Å²) in [6, 6.07) is 1.90. The largest absolute Gasteiger partial charge is 0.350 e. The number of hydrogen-bond acceptors (Lipinski definition) is 3. The highest BCUT2D eigenvalue weighted by atomic mass is 16.2. The maximum atomic E-state index is 12.4. The first-order valence-corrected chi connectivity index (χ1v) is 7.75. The Balaban J connectivity index is 2.02. The molecule has 0 radical (unpaired) electrons. The van der Waals surface area contributed by atoms with E-state index in [1.807, 2.05) is 13.1 Å². The van der Waals surface area contributed by atoms with Gasteiger partial charge in [0.15, 0.2) is 0 Å². The van der Waals surface area contributed by atoms with Crippen LogP contribution in [0.25, 0.3) is 0 Å². The first-order valence-electron chi connectivity index (χ1n) is 7.75. The summed E-state index contributed by atoms with van der Waals surface area (Å²) < 4.78 is 1.68. The van der Waals surface area contributed by atoms with Gasteiger partial charge in [-0.2, -0.15) is 5.10 Å². The quantitative estimate of drug-likeness (QED) is 0.893. The zero-order valence-corrected chi connectivity index (χ0v) is 13.9. The normalized spacial score (nSPS) is 18.5. The van der Waals surface area contributed by atoms with Crippen molar-refractivity contribution in [3.63, 3.8) is 0 Å². The third-order valence-corrected chi connectivity index (χ3v) is 4.37. The van der Waals surface area contributed by atoms with Gasteiger partial charge in [-0.15, -0.1) is 0 Å². The smallest absolute Gasteiger partial charge is 0.269 e. The van der Waals surface area contributed by atoms with Crippen molar-refractivity contribution in [2.24, 2.45) is 12.5 Å². The summed E-state index contributed by atoms with van der Waals surface area (Å²) in [6.45, 7) is 11.4. The lowest BCUT2D eigenvalue weighted by atomic mass is 9.81. The SMILES string of the molecule is Cn1nc(C(C)(C)C)cc1C(=O)NCC1(C)CCNCC1. The van der Waals surface area contributed by atoms with Gasteiger partial charge in [0, 0.05) is 19.0 Å². The van der Waals surface area contributed by atoms with Crippen LogP contribution in [0.15, 0.2) is 6.07 Å². The Labute approximate surface area is 127 Å². The van der Waals surface area contributed by atoms with E-state index in [4.69, 9.17) is 0 Å². The summed E-state index contributed by atoms with van der Waals surface area (Å²) >= 11 is 0. The Bertz CT molecular complexity index is 507. The van der Waals surface area contributed by atoms with Gasteiger partial charge in [0.2, 0.25) is 0 Å². The highest BCUT2D eigenvalue weighted by Gasteiger charge is 2.28. The molecule has 1 fully saturated rings. The van der Waals surface area contributed by atoms with Crippen molar-refractivity contribution in [1.82, 2.24) is 20.4 Å². The van der Waals surface area contributed by atoms with Crippen LogP contribution >= 0.6 is 0 Å². The second-order valence-electron chi connectivity index (χ2n) is 7.53. The number of nitrogens with one attached hydrogen (secondary N) is 2. The molecule has 21 heavy (non-hydrogen) atoms. The maximum Gasteiger partial charge on any atom is 0.269 e. The van der Waals surface area contributed by atoms with E-state index >= 15 is 0 Å². The second-order valence-corrected chi connectivity index (χ2v) is 7.53. The number of carbonyl (C=O) groups is 1. The predicted molar refractivity (Wildman–Crippen MR) is 84.5 cm³/mol. The van der Waals surface area contributed by atoms with E-state index in [9.17, 15) is 4.79 Å². The van der Waals surface area contributed by atoms with Crippen molar-refractivity contribution >= 4 is 5.91 Å². The van der Waals surface area contributed by atoms with Gasteiger partial charge < -0.3 is 10.6 Å². The van der Waals surface area contributed by atoms with Crippen LogP contribution in [-0.4, -0.2) is 35.3 Å². The number of carbonyl (C=O) groups excluding carboxylic acids is 1. The van der Waals surface area contributed by atoms with Crippen LogP contribution in [0, 0.1) is 5.41 Å². The van der Waals surface area contributed by atoms with E-state index in [0.29, 0.717) is 5.69 Å². The minimum atomic E-state index is -0.0443.